The van der Waals surface area contributed by atoms with E-state index in [4.69, 9.17) is 32.4 Å². The van der Waals surface area contributed by atoms with Gasteiger partial charge in [-0.1, -0.05) is 29.3 Å². The standard InChI is InChI=1S/C14H14Cl2N2O2/c15-10-2-1-3-11(16)13(10)20-12(9-4-5-17-8-9)14-18-6-7-19-14/h1-3,6-7,9,12,17H,4-5,8H2/t9-,12+/m1/s1. The zero-order chi connectivity index (χ0) is 13.9. The molecular weight excluding hydrogens is 299 g/mol. The molecule has 1 fully saturated rings. The van der Waals surface area contributed by atoms with Crippen molar-refractivity contribution in [2.45, 2.75) is 12.5 Å². The Balaban J connectivity index is 1.90. The number of oxazole rings is 1. The third-order valence-corrected chi connectivity index (χ3v) is 3.98. The van der Waals surface area contributed by atoms with Gasteiger partial charge in [0.2, 0.25) is 5.89 Å². The Labute approximate surface area is 127 Å². The Morgan fingerprint density at radius 1 is 1.35 bits per heavy atom. The van der Waals surface area contributed by atoms with Crippen LogP contribution in [0.4, 0.5) is 0 Å². The van der Waals surface area contributed by atoms with Gasteiger partial charge in [-0.05, 0) is 25.1 Å². The maximum absolute atomic E-state index is 6.17. The van der Waals surface area contributed by atoms with Gasteiger partial charge < -0.3 is 14.5 Å². The van der Waals surface area contributed by atoms with Crippen LogP contribution in [0.15, 0.2) is 35.1 Å². The predicted molar refractivity (Wildman–Crippen MR) is 77.3 cm³/mol. The summed E-state index contributed by atoms with van der Waals surface area (Å²) in [5.74, 6) is 1.31. The smallest absolute Gasteiger partial charge is 0.235 e. The van der Waals surface area contributed by atoms with E-state index in [1.165, 1.54) is 0 Å². The summed E-state index contributed by atoms with van der Waals surface area (Å²) in [6.07, 6.45) is 3.86. The lowest BCUT2D eigenvalue weighted by Gasteiger charge is -2.22. The van der Waals surface area contributed by atoms with Gasteiger partial charge in [0, 0.05) is 12.5 Å². The Hall–Kier alpha value is -1.23. The lowest BCUT2D eigenvalue weighted by Crippen LogP contribution is -2.22. The molecule has 1 aliphatic rings. The number of hydrogen-bond acceptors (Lipinski definition) is 4. The van der Waals surface area contributed by atoms with E-state index >= 15 is 0 Å². The van der Waals surface area contributed by atoms with Crippen molar-refractivity contribution in [3.8, 4) is 5.75 Å². The molecule has 2 aromatic rings. The fourth-order valence-corrected chi connectivity index (χ4v) is 2.87. The van der Waals surface area contributed by atoms with Crippen LogP contribution < -0.4 is 10.1 Å². The Morgan fingerprint density at radius 3 is 2.75 bits per heavy atom. The summed E-state index contributed by atoms with van der Waals surface area (Å²) >= 11 is 12.3. The van der Waals surface area contributed by atoms with Gasteiger partial charge >= 0.3 is 0 Å². The van der Waals surface area contributed by atoms with Crippen molar-refractivity contribution < 1.29 is 9.15 Å². The molecule has 0 radical (unpaired) electrons. The molecule has 2 heterocycles. The average molecular weight is 313 g/mol. The molecule has 0 amide bonds. The van der Waals surface area contributed by atoms with E-state index in [2.05, 4.69) is 10.3 Å². The monoisotopic (exact) mass is 312 g/mol. The van der Waals surface area contributed by atoms with Gasteiger partial charge in [0.15, 0.2) is 11.9 Å². The number of ether oxygens (including phenoxy) is 1. The van der Waals surface area contributed by atoms with Crippen molar-refractivity contribution >= 4 is 23.2 Å². The van der Waals surface area contributed by atoms with Crippen molar-refractivity contribution in [2.24, 2.45) is 5.92 Å². The third kappa shape index (κ3) is 2.77. The van der Waals surface area contributed by atoms with Gasteiger partial charge in [-0.25, -0.2) is 4.98 Å². The van der Waals surface area contributed by atoms with E-state index in [1.54, 1.807) is 30.7 Å². The summed E-state index contributed by atoms with van der Waals surface area (Å²) in [6, 6.07) is 5.29. The number of rotatable bonds is 4. The van der Waals surface area contributed by atoms with Gasteiger partial charge in [0.1, 0.15) is 6.26 Å². The molecule has 1 N–H and O–H groups in total. The van der Waals surface area contributed by atoms with E-state index < -0.39 is 0 Å². The van der Waals surface area contributed by atoms with Crippen LogP contribution in [-0.2, 0) is 0 Å². The van der Waals surface area contributed by atoms with E-state index in [9.17, 15) is 0 Å². The van der Waals surface area contributed by atoms with E-state index in [1.807, 2.05) is 0 Å². The quantitative estimate of drug-likeness (QED) is 0.935. The molecule has 1 aliphatic heterocycles. The Morgan fingerprint density at radius 2 is 2.15 bits per heavy atom. The van der Waals surface area contributed by atoms with Gasteiger partial charge in [0.25, 0.3) is 0 Å². The number of hydrogen-bond donors (Lipinski definition) is 1. The number of nitrogens with one attached hydrogen (secondary N) is 1. The summed E-state index contributed by atoms with van der Waals surface area (Å²) in [5.41, 5.74) is 0. The van der Waals surface area contributed by atoms with Crippen molar-refractivity contribution in [1.29, 1.82) is 0 Å². The first-order chi connectivity index (χ1) is 9.75. The summed E-state index contributed by atoms with van der Waals surface area (Å²) in [4.78, 5) is 4.21. The predicted octanol–water partition coefficient (Wildman–Crippen LogP) is 3.71. The molecule has 0 saturated carbocycles. The highest BCUT2D eigenvalue weighted by Crippen LogP contribution is 2.38. The van der Waals surface area contributed by atoms with Crippen LogP contribution >= 0.6 is 23.2 Å². The fraction of sp³-hybridized carbons (Fsp3) is 0.357. The molecule has 4 nitrogen and oxygen atoms in total. The average Bonchev–Trinajstić information content (AvgIpc) is 3.12. The second-order valence-electron chi connectivity index (χ2n) is 4.71. The summed E-state index contributed by atoms with van der Waals surface area (Å²) in [7, 11) is 0. The van der Waals surface area contributed by atoms with Crippen LogP contribution in [0, 0.1) is 5.92 Å². The Kier molecular flexibility index (Phi) is 4.15. The number of halogens is 2. The van der Waals surface area contributed by atoms with E-state index in [-0.39, 0.29) is 12.0 Å². The summed E-state index contributed by atoms with van der Waals surface area (Å²) in [5, 5.41) is 4.29. The minimum absolute atomic E-state index is 0.279. The molecule has 1 aromatic heterocycles. The number of benzene rings is 1. The molecule has 3 rings (SSSR count). The minimum Gasteiger partial charge on any atom is -0.477 e. The fourth-order valence-electron chi connectivity index (χ4n) is 2.38. The highest BCUT2D eigenvalue weighted by atomic mass is 35.5. The molecule has 0 unspecified atom stereocenters. The molecule has 1 aromatic carbocycles. The van der Waals surface area contributed by atoms with Gasteiger partial charge in [-0.15, -0.1) is 0 Å². The van der Waals surface area contributed by atoms with Crippen molar-refractivity contribution in [3.05, 3.63) is 46.6 Å². The third-order valence-electron chi connectivity index (χ3n) is 3.39. The number of para-hydroxylation sites is 1. The normalized spacial score (nSPS) is 20.0. The second-order valence-corrected chi connectivity index (χ2v) is 5.53. The Bertz CT molecular complexity index is 548. The topological polar surface area (TPSA) is 47.3 Å². The van der Waals surface area contributed by atoms with Crippen molar-refractivity contribution in [3.63, 3.8) is 0 Å². The van der Waals surface area contributed by atoms with Gasteiger partial charge in [-0.2, -0.15) is 0 Å². The molecule has 0 bridgehead atoms. The van der Waals surface area contributed by atoms with Crippen LogP contribution in [0.2, 0.25) is 10.0 Å². The molecule has 106 valence electrons. The lowest BCUT2D eigenvalue weighted by molar-refractivity contribution is 0.114. The lowest BCUT2D eigenvalue weighted by atomic mass is 10.0. The SMILES string of the molecule is Clc1cccc(Cl)c1O[C@H](c1ncco1)[C@@H]1CCNC1. The van der Waals surface area contributed by atoms with Crippen molar-refractivity contribution in [1.82, 2.24) is 10.3 Å². The van der Waals surface area contributed by atoms with Gasteiger partial charge in [-0.3, -0.25) is 0 Å². The van der Waals surface area contributed by atoms with Crippen LogP contribution in [0.3, 0.4) is 0 Å². The molecule has 1 saturated heterocycles. The highest BCUT2D eigenvalue weighted by Gasteiger charge is 2.32. The first-order valence-corrected chi connectivity index (χ1v) is 7.22. The maximum Gasteiger partial charge on any atom is 0.235 e. The summed E-state index contributed by atoms with van der Waals surface area (Å²) < 4.78 is 11.5. The van der Waals surface area contributed by atoms with Crippen LogP contribution in [-0.4, -0.2) is 18.1 Å². The largest absolute Gasteiger partial charge is 0.477 e. The zero-order valence-electron chi connectivity index (χ0n) is 10.7. The van der Waals surface area contributed by atoms with Crippen LogP contribution in [0.1, 0.15) is 18.4 Å². The molecule has 0 aliphatic carbocycles. The number of nitrogens with zero attached hydrogens (tertiary/aromatic N) is 1. The van der Waals surface area contributed by atoms with Crippen molar-refractivity contribution in [2.75, 3.05) is 13.1 Å². The second kappa shape index (κ2) is 6.04. The van der Waals surface area contributed by atoms with Crippen LogP contribution in [0.25, 0.3) is 0 Å². The molecule has 2 atom stereocenters. The zero-order valence-corrected chi connectivity index (χ0v) is 12.2. The van der Waals surface area contributed by atoms with E-state index in [0.717, 1.165) is 19.5 Å². The van der Waals surface area contributed by atoms with Crippen LogP contribution in [0.5, 0.6) is 5.75 Å². The molecular formula is C14H14Cl2N2O2. The summed E-state index contributed by atoms with van der Waals surface area (Å²) in [6.45, 7) is 1.82. The maximum atomic E-state index is 6.17. The van der Waals surface area contributed by atoms with E-state index in [0.29, 0.717) is 21.7 Å². The first kappa shape index (κ1) is 13.7. The molecule has 6 heteroatoms. The number of aromatic nitrogens is 1. The first-order valence-electron chi connectivity index (χ1n) is 6.46. The molecule has 20 heavy (non-hydrogen) atoms. The minimum atomic E-state index is -0.294. The highest BCUT2D eigenvalue weighted by molar-refractivity contribution is 6.37. The molecule has 0 spiro atoms. The van der Waals surface area contributed by atoms with Gasteiger partial charge in [0.05, 0.1) is 16.2 Å².